The first-order chi connectivity index (χ1) is 9.13. The van der Waals surface area contributed by atoms with Crippen LogP contribution in [0.1, 0.15) is 0 Å². The molecule has 3 rings (SSSR count). The number of hydrogen-bond donors (Lipinski definition) is 1. The Labute approximate surface area is 108 Å². The standard InChI is InChI=1S/C13H12N4O2/c1-16-7-10(6-15-16)9-4-12-11(14-5-9)2-3-17(12)8-13(18)19/h2-7H,8H2,1H3,(H,18,19). The van der Waals surface area contributed by atoms with E-state index in [1.54, 1.807) is 27.8 Å². The molecule has 0 atom stereocenters. The van der Waals surface area contributed by atoms with Gasteiger partial charge < -0.3 is 9.67 Å². The normalized spacial score (nSPS) is 11.0. The summed E-state index contributed by atoms with van der Waals surface area (Å²) in [4.78, 5) is 15.2. The van der Waals surface area contributed by atoms with Gasteiger partial charge in [-0.1, -0.05) is 0 Å². The second-order valence-electron chi connectivity index (χ2n) is 4.37. The number of carboxylic acids is 1. The fourth-order valence-corrected chi connectivity index (χ4v) is 2.07. The second kappa shape index (κ2) is 4.24. The number of rotatable bonds is 3. The Kier molecular flexibility index (Phi) is 2.56. The van der Waals surface area contributed by atoms with Crippen molar-refractivity contribution >= 4 is 17.0 Å². The lowest BCUT2D eigenvalue weighted by molar-refractivity contribution is -0.137. The average molecular weight is 256 g/mol. The summed E-state index contributed by atoms with van der Waals surface area (Å²) >= 11 is 0. The van der Waals surface area contributed by atoms with Crippen LogP contribution < -0.4 is 0 Å². The topological polar surface area (TPSA) is 72.9 Å². The number of aromatic nitrogens is 4. The maximum Gasteiger partial charge on any atom is 0.323 e. The van der Waals surface area contributed by atoms with Crippen LogP contribution in [0.4, 0.5) is 0 Å². The quantitative estimate of drug-likeness (QED) is 0.771. The van der Waals surface area contributed by atoms with E-state index < -0.39 is 5.97 Å². The summed E-state index contributed by atoms with van der Waals surface area (Å²) in [7, 11) is 1.85. The van der Waals surface area contributed by atoms with Crippen LogP contribution >= 0.6 is 0 Å². The largest absolute Gasteiger partial charge is 0.480 e. The van der Waals surface area contributed by atoms with Crippen molar-refractivity contribution in [2.24, 2.45) is 7.05 Å². The molecular formula is C13H12N4O2. The van der Waals surface area contributed by atoms with Crippen LogP contribution in [0.3, 0.4) is 0 Å². The highest BCUT2D eigenvalue weighted by molar-refractivity contribution is 5.82. The molecule has 3 aromatic heterocycles. The number of aliphatic carboxylic acids is 1. The predicted molar refractivity (Wildman–Crippen MR) is 69.6 cm³/mol. The molecule has 0 aliphatic heterocycles. The highest BCUT2D eigenvalue weighted by Crippen LogP contribution is 2.22. The molecule has 6 nitrogen and oxygen atoms in total. The van der Waals surface area contributed by atoms with Crippen LogP contribution in [-0.4, -0.2) is 30.4 Å². The fourth-order valence-electron chi connectivity index (χ4n) is 2.07. The van der Waals surface area contributed by atoms with Gasteiger partial charge in [0.25, 0.3) is 0 Å². The molecule has 0 radical (unpaired) electrons. The molecule has 6 heteroatoms. The Morgan fingerprint density at radius 1 is 1.37 bits per heavy atom. The third kappa shape index (κ3) is 2.08. The molecule has 0 saturated carbocycles. The van der Waals surface area contributed by atoms with Crippen LogP contribution in [0.25, 0.3) is 22.2 Å². The third-order valence-corrected chi connectivity index (χ3v) is 2.96. The molecule has 1 N–H and O–H groups in total. The maximum absolute atomic E-state index is 10.8. The number of carbonyl (C=O) groups is 1. The highest BCUT2D eigenvalue weighted by Gasteiger charge is 2.08. The van der Waals surface area contributed by atoms with Crippen LogP contribution in [0, 0.1) is 0 Å². The molecule has 0 bridgehead atoms. The van der Waals surface area contributed by atoms with Crippen LogP contribution in [-0.2, 0) is 18.4 Å². The summed E-state index contributed by atoms with van der Waals surface area (Å²) in [6, 6.07) is 3.74. The van der Waals surface area contributed by atoms with E-state index in [4.69, 9.17) is 5.11 Å². The van der Waals surface area contributed by atoms with Gasteiger partial charge in [-0.3, -0.25) is 14.5 Å². The zero-order valence-electron chi connectivity index (χ0n) is 10.3. The van der Waals surface area contributed by atoms with Gasteiger partial charge in [-0.15, -0.1) is 0 Å². The summed E-state index contributed by atoms with van der Waals surface area (Å²) in [6.07, 6.45) is 7.16. The monoisotopic (exact) mass is 256 g/mol. The average Bonchev–Trinajstić information content (AvgIpc) is 2.95. The SMILES string of the molecule is Cn1cc(-c2cnc3ccn(CC(=O)O)c3c2)cn1. The Morgan fingerprint density at radius 2 is 2.21 bits per heavy atom. The predicted octanol–water partition coefficient (Wildman–Crippen LogP) is 1.52. The summed E-state index contributed by atoms with van der Waals surface area (Å²) in [6.45, 7) is -0.0678. The molecule has 0 unspecified atom stereocenters. The zero-order chi connectivity index (χ0) is 13.4. The Hall–Kier alpha value is -2.63. The minimum absolute atomic E-state index is 0.0678. The van der Waals surface area contributed by atoms with E-state index in [0.29, 0.717) is 0 Å². The lowest BCUT2D eigenvalue weighted by Crippen LogP contribution is -2.07. The summed E-state index contributed by atoms with van der Waals surface area (Å²) in [5, 5.41) is 13.0. The minimum Gasteiger partial charge on any atom is -0.480 e. The van der Waals surface area contributed by atoms with E-state index in [-0.39, 0.29) is 6.54 Å². The summed E-state index contributed by atoms with van der Waals surface area (Å²) in [5.74, 6) is -0.871. The summed E-state index contributed by atoms with van der Waals surface area (Å²) in [5.41, 5.74) is 3.48. The first-order valence-electron chi connectivity index (χ1n) is 5.79. The molecule has 0 saturated heterocycles. The first kappa shape index (κ1) is 11.5. The van der Waals surface area contributed by atoms with Crippen molar-refractivity contribution in [2.45, 2.75) is 6.54 Å². The van der Waals surface area contributed by atoms with Gasteiger partial charge in [0.15, 0.2) is 0 Å². The smallest absolute Gasteiger partial charge is 0.323 e. The van der Waals surface area contributed by atoms with Gasteiger partial charge in [0.1, 0.15) is 6.54 Å². The van der Waals surface area contributed by atoms with Crippen LogP contribution in [0.15, 0.2) is 36.9 Å². The van der Waals surface area contributed by atoms with Crippen molar-refractivity contribution in [1.82, 2.24) is 19.3 Å². The van der Waals surface area contributed by atoms with Crippen molar-refractivity contribution in [3.05, 3.63) is 36.9 Å². The molecule has 96 valence electrons. The Morgan fingerprint density at radius 3 is 2.89 bits per heavy atom. The van der Waals surface area contributed by atoms with Crippen LogP contribution in [0.2, 0.25) is 0 Å². The Balaban J connectivity index is 2.10. The van der Waals surface area contributed by atoms with E-state index in [1.807, 2.05) is 25.4 Å². The molecule has 0 aromatic carbocycles. The number of nitrogens with zero attached hydrogens (tertiary/aromatic N) is 4. The van der Waals surface area contributed by atoms with Gasteiger partial charge >= 0.3 is 5.97 Å². The molecule has 0 aliphatic carbocycles. The van der Waals surface area contributed by atoms with E-state index in [1.165, 1.54) is 0 Å². The lowest BCUT2D eigenvalue weighted by atomic mass is 10.1. The maximum atomic E-state index is 10.8. The van der Waals surface area contributed by atoms with Crippen molar-refractivity contribution in [3.8, 4) is 11.1 Å². The number of pyridine rings is 1. The molecular weight excluding hydrogens is 244 g/mol. The van der Waals surface area contributed by atoms with E-state index >= 15 is 0 Å². The number of aryl methyl sites for hydroxylation is 1. The van der Waals surface area contributed by atoms with Crippen molar-refractivity contribution < 1.29 is 9.90 Å². The molecule has 0 fully saturated rings. The van der Waals surface area contributed by atoms with Gasteiger partial charge in [-0.25, -0.2) is 0 Å². The van der Waals surface area contributed by atoms with Gasteiger partial charge in [0.2, 0.25) is 0 Å². The minimum atomic E-state index is -0.871. The highest BCUT2D eigenvalue weighted by atomic mass is 16.4. The fraction of sp³-hybridized carbons (Fsp3) is 0.154. The van der Waals surface area contributed by atoms with Gasteiger partial charge in [0, 0.05) is 36.8 Å². The molecule has 0 spiro atoms. The number of fused-ring (bicyclic) bond motifs is 1. The van der Waals surface area contributed by atoms with E-state index in [2.05, 4.69) is 10.1 Å². The van der Waals surface area contributed by atoms with Crippen LogP contribution in [0.5, 0.6) is 0 Å². The van der Waals surface area contributed by atoms with Gasteiger partial charge in [-0.05, 0) is 12.1 Å². The third-order valence-electron chi connectivity index (χ3n) is 2.96. The second-order valence-corrected chi connectivity index (χ2v) is 4.37. The van der Waals surface area contributed by atoms with Crippen molar-refractivity contribution in [3.63, 3.8) is 0 Å². The zero-order valence-corrected chi connectivity index (χ0v) is 10.3. The number of carboxylic acid groups (broad SMARTS) is 1. The van der Waals surface area contributed by atoms with E-state index in [0.717, 1.165) is 22.2 Å². The molecule has 0 amide bonds. The number of hydrogen-bond acceptors (Lipinski definition) is 3. The summed E-state index contributed by atoms with van der Waals surface area (Å²) < 4.78 is 3.39. The molecule has 19 heavy (non-hydrogen) atoms. The molecule has 3 aromatic rings. The Bertz CT molecular complexity index is 757. The van der Waals surface area contributed by atoms with Gasteiger partial charge in [0.05, 0.1) is 17.2 Å². The lowest BCUT2D eigenvalue weighted by Gasteiger charge is -2.02. The molecule has 0 aliphatic rings. The van der Waals surface area contributed by atoms with Gasteiger partial charge in [-0.2, -0.15) is 5.10 Å². The molecule has 3 heterocycles. The first-order valence-corrected chi connectivity index (χ1v) is 5.79. The van der Waals surface area contributed by atoms with Crippen molar-refractivity contribution in [1.29, 1.82) is 0 Å². The van der Waals surface area contributed by atoms with E-state index in [9.17, 15) is 4.79 Å². The van der Waals surface area contributed by atoms with Crippen molar-refractivity contribution in [2.75, 3.05) is 0 Å².